The van der Waals surface area contributed by atoms with E-state index in [1.807, 2.05) is 24.3 Å². The Morgan fingerprint density at radius 2 is 1.21 bits per heavy atom. The summed E-state index contributed by atoms with van der Waals surface area (Å²) in [7, 11) is 0. The lowest BCUT2D eigenvalue weighted by Gasteiger charge is -2.37. The Bertz CT molecular complexity index is 733. The topological polar surface area (TPSA) is 20.2 Å². The summed E-state index contributed by atoms with van der Waals surface area (Å²) in [4.78, 5) is 0. The summed E-state index contributed by atoms with van der Waals surface area (Å²) in [6.45, 7) is 4.22. The molecule has 0 aromatic heterocycles. The first-order valence-corrected chi connectivity index (χ1v) is 8.87. The average molecular weight is 318 g/mol. The van der Waals surface area contributed by atoms with Crippen molar-refractivity contribution in [1.29, 1.82) is 0 Å². The molecule has 2 heteroatoms. The fourth-order valence-electron chi connectivity index (χ4n) is 4.32. The highest BCUT2D eigenvalue weighted by atomic mass is 16.3. The monoisotopic (exact) mass is 318 g/mol. The van der Waals surface area contributed by atoms with Crippen LogP contribution in [0.25, 0.3) is 11.1 Å². The maximum absolute atomic E-state index is 11.3. The molecule has 4 rings (SSSR count). The Balaban J connectivity index is 1.96. The van der Waals surface area contributed by atoms with E-state index in [-0.39, 0.29) is 0 Å². The molecule has 0 amide bonds. The maximum atomic E-state index is 11.3. The summed E-state index contributed by atoms with van der Waals surface area (Å²) in [6, 6.07) is 20.8. The third kappa shape index (κ3) is 2.22. The Morgan fingerprint density at radius 3 is 1.75 bits per heavy atom. The van der Waals surface area contributed by atoms with Crippen molar-refractivity contribution in [1.82, 2.24) is 0 Å². The van der Waals surface area contributed by atoms with Crippen molar-refractivity contribution in [3.63, 3.8) is 0 Å². The second-order valence-electron chi connectivity index (χ2n) is 6.87. The second-order valence-corrected chi connectivity index (χ2v) is 6.87. The molecule has 2 aliphatic rings. The van der Waals surface area contributed by atoms with E-state index in [2.05, 4.69) is 43.3 Å². The zero-order valence-corrected chi connectivity index (χ0v) is 14.2. The number of hydrogen-bond acceptors (Lipinski definition) is 1. The zero-order chi connectivity index (χ0) is 16.6. The molecule has 1 N–H and O–H groups in total. The Kier molecular flexibility index (Phi) is 3.78. The molecule has 0 bridgehead atoms. The molecule has 1 fully saturated rings. The van der Waals surface area contributed by atoms with E-state index in [1.54, 1.807) is 0 Å². The highest BCUT2D eigenvalue weighted by molar-refractivity contribution is 6.07. The molecule has 24 heavy (non-hydrogen) atoms. The van der Waals surface area contributed by atoms with Crippen molar-refractivity contribution in [2.75, 3.05) is 13.1 Å². The number of nitrogens with zero attached hydrogens (tertiary/aromatic N) is 1. The van der Waals surface area contributed by atoms with Gasteiger partial charge in [-0.25, -0.2) is 4.48 Å². The molecular formula is C22H24NO+. The molecule has 2 heterocycles. The van der Waals surface area contributed by atoms with Crippen LogP contribution < -0.4 is 0 Å². The molecule has 122 valence electrons. The maximum Gasteiger partial charge on any atom is 0.302 e. The SMILES string of the molecule is CC1=C(c2ccccc2)C(c2ccccc2)=C(O)[N+]12CCCCC2. The van der Waals surface area contributed by atoms with Gasteiger partial charge in [0.25, 0.3) is 0 Å². The van der Waals surface area contributed by atoms with Gasteiger partial charge in [-0.3, -0.25) is 0 Å². The lowest BCUT2D eigenvalue weighted by atomic mass is 9.93. The number of rotatable bonds is 2. The summed E-state index contributed by atoms with van der Waals surface area (Å²) >= 11 is 0. The average Bonchev–Trinajstić information content (AvgIpc) is 2.86. The summed E-state index contributed by atoms with van der Waals surface area (Å²) < 4.78 is 0.647. The first-order chi connectivity index (χ1) is 11.7. The smallest absolute Gasteiger partial charge is 0.302 e. The number of piperidine rings is 1. The van der Waals surface area contributed by atoms with E-state index in [0.29, 0.717) is 10.4 Å². The first kappa shape index (κ1) is 15.2. The predicted molar refractivity (Wildman–Crippen MR) is 98.9 cm³/mol. The van der Waals surface area contributed by atoms with Crippen LogP contribution in [0.3, 0.4) is 0 Å². The van der Waals surface area contributed by atoms with Gasteiger partial charge in [-0.05, 0) is 30.4 Å². The molecule has 0 unspecified atom stereocenters. The van der Waals surface area contributed by atoms with Gasteiger partial charge in [-0.1, -0.05) is 60.7 Å². The van der Waals surface area contributed by atoms with E-state index in [0.717, 1.165) is 24.2 Å². The third-order valence-corrected chi connectivity index (χ3v) is 5.59. The van der Waals surface area contributed by atoms with Gasteiger partial charge in [-0.2, -0.15) is 0 Å². The van der Waals surface area contributed by atoms with E-state index in [4.69, 9.17) is 0 Å². The summed E-state index contributed by atoms with van der Waals surface area (Å²) in [5.41, 5.74) is 5.81. The van der Waals surface area contributed by atoms with Gasteiger partial charge in [0, 0.05) is 6.92 Å². The van der Waals surface area contributed by atoms with Gasteiger partial charge in [-0.15, -0.1) is 0 Å². The second kappa shape index (κ2) is 5.95. The Hall–Kier alpha value is -2.32. The van der Waals surface area contributed by atoms with Crippen molar-refractivity contribution < 1.29 is 9.59 Å². The Morgan fingerprint density at radius 1 is 0.708 bits per heavy atom. The van der Waals surface area contributed by atoms with Gasteiger partial charge in [0.2, 0.25) is 0 Å². The molecule has 2 nitrogen and oxygen atoms in total. The highest BCUT2D eigenvalue weighted by Crippen LogP contribution is 2.49. The lowest BCUT2D eigenvalue weighted by molar-refractivity contribution is -0.871. The van der Waals surface area contributed by atoms with Crippen LogP contribution in [-0.2, 0) is 0 Å². The molecule has 2 aromatic carbocycles. The first-order valence-electron chi connectivity index (χ1n) is 8.87. The predicted octanol–water partition coefficient (Wildman–Crippen LogP) is 5.36. The van der Waals surface area contributed by atoms with E-state index in [1.165, 1.54) is 36.1 Å². The van der Waals surface area contributed by atoms with Gasteiger partial charge in [0.05, 0.1) is 24.2 Å². The van der Waals surface area contributed by atoms with E-state index < -0.39 is 0 Å². The number of quaternary nitrogens is 1. The van der Waals surface area contributed by atoms with Crippen LogP contribution in [0.15, 0.2) is 72.2 Å². The van der Waals surface area contributed by atoms with Crippen molar-refractivity contribution in [3.05, 3.63) is 83.4 Å². The van der Waals surface area contributed by atoms with Crippen molar-refractivity contribution in [3.8, 4) is 0 Å². The van der Waals surface area contributed by atoms with Gasteiger partial charge < -0.3 is 5.11 Å². The van der Waals surface area contributed by atoms with Crippen molar-refractivity contribution in [2.45, 2.75) is 26.2 Å². The quantitative estimate of drug-likeness (QED) is 0.739. The van der Waals surface area contributed by atoms with Crippen LogP contribution in [0.1, 0.15) is 37.3 Å². The van der Waals surface area contributed by atoms with Crippen LogP contribution in [0.4, 0.5) is 0 Å². The minimum Gasteiger partial charge on any atom is -0.467 e. The fraction of sp³-hybridized carbons (Fsp3) is 0.273. The lowest BCUT2D eigenvalue weighted by Crippen LogP contribution is -2.47. The standard InChI is InChI=1S/C22H23NO/c1-17-20(18-11-5-2-6-12-18)21(19-13-7-3-8-14-19)22(24)23(17)15-9-4-10-16-23/h2-3,5-8,11-14H,4,9-10,15-16H2,1H3/p+1. The molecule has 0 aliphatic carbocycles. The molecule has 0 saturated carbocycles. The molecule has 1 spiro atoms. The van der Waals surface area contributed by atoms with Crippen molar-refractivity contribution >= 4 is 11.1 Å². The number of allylic oxidation sites excluding steroid dienone is 3. The fourth-order valence-corrected chi connectivity index (χ4v) is 4.32. The molecule has 0 radical (unpaired) electrons. The Labute approximate surface area is 144 Å². The molecule has 1 saturated heterocycles. The molecule has 0 atom stereocenters. The molecular weight excluding hydrogens is 294 g/mol. The van der Waals surface area contributed by atoms with Gasteiger partial charge >= 0.3 is 5.88 Å². The van der Waals surface area contributed by atoms with Crippen LogP contribution in [0, 0.1) is 0 Å². The normalized spacial score (nSPS) is 20.0. The highest BCUT2D eigenvalue weighted by Gasteiger charge is 2.47. The molecule has 2 aliphatic heterocycles. The van der Waals surface area contributed by atoms with Crippen LogP contribution in [-0.4, -0.2) is 22.7 Å². The molecule has 2 aromatic rings. The van der Waals surface area contributed by atoms with Crippen LogP contribution in [0.2, 0.25) is 0 Å². The number of benzene rings is 2. The van der Waals surface area contributed by atoms with E-state index in [9.17, 15) is 5.11 Å². The van der Waals surface area contributed by atoms with Crippen LogP contribution in [0.5, 0.6) is 0 Å². The minimum atomic E-state index is 0.539. The summed E-state index contributed by atoms with van der Waals surface area (Å²) in [6.07, 6.45) is 3.61. The third-order valence-electron chi connectivity index (χ3n) is 5.59. The zero-order valence-electron chi connectivity index (χ0n) is 14.2. The van der Waals surface area contributed by atoms with Crippen molar-refractivity contribution in [2.24, 2.45) is 0 Å². The van der Waals surface area contributed by atoms with Crippen LogP contribution >= 0.6 is 0 Å². The largest absolute Gasteiger partial charge is 0.467 e. The number of hydrogen-bond donors (Lipinski definition) is 1. The summed E-state index contributed by atoms with van der Waals surface area (Å²) in [5, 5.41) is 11.3. The number of aliphatic hydroxyl groups excluding tert-OH is 1. The summed E-state index contributed by atoms with van der Waals surface area (Å²) in [5.74, 6) is 0.539. The minimum absolute atomic E-state index is 0.539. The van der Waals surface area contributed by atoms with E-state index >= 15 is 0 Å². The van der Waals surface area contributed by atoms with Gasteiger partial charge in [0.15, 0.2) is 0 Å². The number of aliphatic hydroxyl groups is 1. The van der Waals surface area contributed by atoms with Gasteiger partial charge in [0.1, 0.15) is 5.70 Å².